The Morgan fingerprint density at radius 1 is 1.22 bits per heavy atom. The summed E-state index contributed by atoms with van der Waals surface area (Å²) in [5.74, 6) is -0.384. The largest absolute Gasteiger partial charge is 0.478 e. The number of likely N-dealkylation sites (tertiary alicyclic amines) is 1. The van der Waals surface area contributed by atoms with Crippen LogP contribution in [-0.4, -0.2) is 54.6 Å². The van der Waals surface area contributed by atoms with Crippen molar-refractivity contribution in [1.82, 2.24) is 24.5 Å². The second-order valence-electron chi connectivity index (χ2n) is 6.78. The number of carbonyl (C=O) groups excluding carboxylic acids is 1. The van der Waals surface area contributed by atoms with Gasteiger partial charge in [-0.3, -0.25) is 9.20 Å². The summed E-state index contributed by atoms with van der Waals surface area (Å²) in [6, 6.07) is 8.75. The highest BCUT2D eigenvalue weighted by molar-refractivity contribution is 5.91. The van der Waals surface area contributed by atoms with Crippen molar-refractivity contribution < 1.29 is 14.7 Å². The number of nitrogens with zero attached hydrogens (tertiary/aromatic N) is 5. The molecule has 0 radical (unpaired) electrons. The van der Waals surface area contributed by atoms with E-state index in [2.05, 4.69) is 15.2 Å². The molecule has 138 valence electrons. The minimum atomic E-state index is -0.946. The maximum absolute atomic E-state index is 13.0. The Morgan fingerprint density at radius 2 is 2.07 bits per heavy atom. The van der Waals surface area contributed by atoms with Gasteiger partial charge in [-0.1, -0.05) is 12.1 Å². The van der Waals surface area contributed by atoms with Crippen LogP contribution in [0, 0.1) is 6.92 Å². The van der Waals surface area contributed by atoms with Crippen molar-refractivity contribution in [2.45, 2.75) is 25.7 Å². The molecular weight excluding hydrogens is 346 g/mol. The minimum absolute atomic E-state index is 0.0987. The van der Waals surface area contributed by atoms with Gasteiger partial charge in [0, 0.05) is 30.9 Å². The quantitative estimate of drug-likeness (QED) is 0.763. The number of carboxylic acids is 1. The van der Waals surface area contributed by atoms with E-state index in [9.17, 15) is 14.7 Å². The fourth-order valence-corrected chi connectivity index (χ4v) is 3.52. The van der Waals surface area contributed by atoms with Crippen molar-refractivity contribution in [2.75, 3.05) is 13.1 Å². The molecule has 3 aromatic rings. The molecule has 1 aliphatic heterocycles. The normalized spacial score (nSPS) is 17.2. The highest BCUT2D eigenvalue weighted by Gasteiger charge is 2.28. The Hall–Kier alpha value is -3.29. The van der Waals surface area contributed by atoms with Crippen molar-refractivity contribution in [1.29, 1.82) is 0 Å². The van der Waals surface area contributed by atoms with Crippen LogP contribution >= 0.6 is 0 Å². The summed E-state index contributed by atoms with van der Waals surface area (Å²) in [6.07, 6.45) is 3.51. The lowest BCUT2D eigenvalue weighted by atomic mass is 9.89. The average molecular weight is 365 g/mol. The predicted octanol–water partition coefficient (Wildman–Crippen LogP) is 2.15. The summed E-state index contributed by atoms with van der Waals surface area (Å²) in [5, 5.41) is 17.2. The van der Waals surface area contributed by atoms with Crippen LogP contribution in [0.25, 0.3) is 5.78 Å². The van der Waals surface area contributed by atoms with Gasteiger partial charge >= 0.3 is 5.97 Å². The second-order valence-corrected chi connectivity index (χ2v) is 6.78. The molecule has 1 saturated heterocycles. The van der Waals surface area contributed by atoms with Crippen LogP contribution in [-0.2, 0) is 0 Å². The molecule has 2 aromatic heterocycles. The summed E-state index contributed by atoms with van der Waals surface area (Å²) in [4.78, 5) is 30.3. The third-order valence-electron chi connectivity index (χ3n) is 4.92. The molecule has 1 aromatic carbocycles. The molecule has 0 aliphatic carbocycles. The number of aryl methyl sites for hydroxylation is 1. The van der Waals surface area contributed by atoms with Crippen molar-refractivity contribution in [2.24, 2.45) is 0 Å². The zero-order chi connectivity index (χ0) is 19.0. The maximum Gasteiger partial charge on any atom is 0.335 e. The van der Waals surface area contributed by atoms with Gasteiger partial charge in [0.05, 0.1) is 5.56 Å². The van der Waals surface area contributed by atoms with E-state index in [0.29, 0.717) is 18.9 Å². The van der Waals surface area contributed by atoms with Crippen LogP contribution in [0.15, 0.2) is 36.5 Å². The van der Waals surface area contributed by atoms with E-state index in [-0.39, 0.29) is 23.2 Å². The topological polar surface area (TPSA) is 101 Å². The number of aromatic nitrogens is 4. The molecule has 1 fully saturated rings. The van der Waals surface area contributed by atoms with E-state index < -0.39 is 5.97 Å². The predicted molar refractivity (Wildman–Crippen MR) is 96.8 cm³/mol. The first kappa shape index (κ1) is 17.1. The number of benzene rings is 1. The molecule has 1 N–H and O–H groups in total. The van der Waals surface area contributed by atoms with Crippen LogP contribution in [0.4, 0.5) is 0 Å². The van der Waals surface area contributed by atoms with Gasteiger partial charge in [-0.2, -0.15) is 0 Å². The number of carbonyl (C=O) groups is 2. The molecule has 1 aliphatic rings. The second kappa shape index (κ2) is 6.79. The molecule has 1 atom stereocenters. The molecule has 0 saturated carbocycles. The number of fused-ring (bicyclic) bond motifs is 1. The summed E-state index contributed by atoms with van der Waals surface area (Å²) >= 11 is 0. The molecule has 27 heavy (non-hydrogen) atoms. The molecule has 4 rings (SSSR count). The summed E-state index contributed by atoms with van der Waals surface area (Å²) in [7, 11) is 0. The number of carboxylic acid groups (broad SMARTS) is 1. The number of piperidine rings is 1. The van der Waals surface area contributed by atoms with Crippen molar-refractivity contribution in [3.63, 3.8) is 0 Å². The van der Waals surface area contributed by atoms with Crippen LogP contribution in [0.5, 0.6) is 0 Å². The van der Waals surface area contributed by atoms with Crippen molar-refractivity contribution in [3.8, 4) is 0 Å². The Bertz CT molecular complexity index is 1030. The highest BCUT2D eigenvalue weighted by Crippen LogP contribution is 2.28. The van der Waals surface area contributed by atoms with Gasteiger partial charge in [-0.15, -0.1) is 10.2 Å². The minimum Gasteiger partial charge on any atom is -0.478 e. The number of aromatic carboxylic acids is 1. The average Bonchev–Trinajstić information content (AvgIpc) is 3.10. The lowest BCUT2D eigenvalue weighted by Gasteiger charge is -2.32. The number of hydrogen-bond donors (Lipinski definition) is 1. The van der Waals surface area contributed by atoms with E-state index in [1.807, 2.05) is 19.1 Å². The third-order valence-corrected chi connectivity index (χ3v) is 4.92. The summed E-state index contributed by atoms with van der Waals surface area (Å²) in [6.45, 7) is 3.02. The molecule has 0 bridgehead atoms. The monoisotopic (exact) mass is 365 g/mol. The Morgan fingerprint density at radius 3 is 2.89 bits per heavy atom. The molecule has 8 heteroatoms. The zero-order valence-corrected chi connectivity index (χ0v) is 14.9. The van der Waals surface area contributed by atoms with E-state index in [1.165, 1.54) is 0 Å². The third kappa shape index (κ3) is 3.25. The summed E-state index contributed by atoms with van der Waals surface area (Å²) < 4.78 is 1.60. The van der Waals surface area contributed by atoms with E-state index in [4.69, 9.17) is 0 Å². The van der Waals surface area contributed by atoms with Crippen LogP contribution in [0.2, 0.25) is 0 Å². The van der Waals surface area contributed by atoms with Gasteiger partial charge in [0.1, 0.15) is 0 Å². The number of rotatable bonds is 3. The molecule has 0 spiro atoms. The Labute approximate surface area is 155 Å². The smallest absolute Gasteiger partial charge is 0.335 e. The van der Waals surface area contributed by atoms with Gasteiger partial charge in [-0.05, 0) is 43.5 Å². The molecule has 3 heterocycles. The molecule has 0 unspecified atom stereocenters. The van der Waals surface area contributed by atoms with Crippen LogP contribution < -0.4 is 0 Å². The van der Waals surface area contributed by atoms with Crippen LogP contribution in [0.1, 0.15) is 51.0 Å². The van der Waals surface area contributed by atoms with Crippen molar-refractivity contribution in [3.05, 3.63) is 59.2 Å². The van der Waals surface area contributed by atoms with E-state index in [0.717, 1.165) is 24.1 Å². The van der Waals surface area contributed by atoms with E-state index in [1.54, 1.807) is 33.7 Å². The van der Waals surface area contributed by atoms with Crippen molar-refractivity contribution >= 4 is 17.7 Å². The highest BCUT2D eigenvalue weighted by atomic mass is 16.4. The molecular formula is C19H19N5O3. The van der Waals surface area contributed by atoms with Crippen LogP contribution in [0.3, 0.4) is 0 Å². The number of amides is 1. The fraction of sp³-hybridized carbons (Fsp3) is 0.316. The zero-order valence-electron chi connectivity index (χ0n) is 14.9. The van der Waals surface area contributed by atoms with Gasteiger partial charge in [-0.25, -0.2) is 9.78 Å². The lowest BCUT2D eigenvalue weighted by Crippen LogP contribution is -2.40. The molecule has 1 amide bonds. The summed E-state index contributed by atoms with van der Waals surface area (Å²) in [5.41, 5.74) is 2.02. The SMILES string of the molecule is Cc1ccn2c(C(=O)N3CCC[C@@H](c4cccc(C(=O)O)c4)C3)nnc2n1. The Balaban J connectivity index is 1.58. The maximum atomic E-state index is 13.0. The first-order chi connectivity index (χ1) is 13.0. The Kier molecular flexibility index (Phi) is 4.31. The molecule has 8 nitrogen and oxygen atoms in total. The first-order valence-electron chi connectivity index (χ1n) is 8.84. The van der Waals surface area contributed by atoms with Gasteiger partial charge < -0.3 is 10.0 Å². The van der Waals surface area contributed by atoms with Gasteiger partial charge in [0.15, 0.2) is 0 Å². The standard InChI is InChI=1S/C19H19N5O3/c1-12-7-9-24-16(21-22-19(24)20-12)17(25)23-8-3-6-15(11-23)13-4-2-5-14(10-13)18(26)27/h2,4-5,7,9-10,15H,3,6,8,11H2,1H3,(H,26,27)/t15-/m1/s1. The number of hydrogen-bond acceptors (Lipinski definition) is 5. The lowest BCUT2D eigenvalue weighted by molar-refractivity contribution is 0.0682. The van der Waals surface area contributed by atoms with Gasteiger partial charge in [0.25, 0.3) is 11.7 Å². The van der Waals surface area contributed by atoms with E-state index >= 15 is 0 Å². The first-order valence-corrected chi connectivity index (χ1v) is 8.84. The fourth-order valence-electron chi connectivity index (χ4n) is 3.52. The van der Waals surface area contributed by atoms with Gasteiger partial charge in [0.2, 0.25) is 5.82 Å².